The Morgan fingerprint density at radius 3 is 2.71 bits per heavy atom. The number of aliphatic hydroxyl groups excluding tert-OH is 1. The lowest BCUT2D eigenvalue weighted by atomic mass is 10.1. The molecule has 0 aliphatic carbocycles. The Bertz CT molecular complexity index is 594. The predicted octanol–water partition coefficient (Wildman–Crippen LogP) is 3.50. The first-order chi connectivity index (χ1) is 10.0. The van der Waals surface area contributed by atoms with Gasteiger partial charge in [-0.05, 0) is 43.5 Å². The summed E-state index contributed by atoms with van der Waals surface area (Å²) in [5.41, 5.74) is 1.37. The average Bonchev–Trinajstić information content (AvgIpc) is 2.95. The van der Waals surface area contributed by atoms with E-state index in [1.165, 1.54) is 6.07 Å². The van der Waals surface area contributed by atoms with Crippen molar-refractivity contribution < 1.29 is 13.9 Å². The van der Waals surface area contributed by atoms with Gasteiger partial charge in [-0.25, -0.2) is 4.39 Å². The van der Waals surface area contributed by atoms with Crippen LogP contribution in [0.4, 0.5) is 4.39 Å². The second-order valence-electron chi connectivity index (χ2n) is 5.51. The van der Waals surface area contributed by atoms with E-state index >= 15 is 0 Å². The zero-order valence-corrected chi connectivity index (χ0v) is 12.7. The second kappa shape index (κ2) is 6.87. The van der Waals surface area contributed by atoms with Crippen LogP contribution in [0.1, 0.15) is 25.2 Å². The Morgan fingerprint density at radius 1 is 1.24 bits per heavy atom. The fourth-order valence-corrected chi connectivity index (χ4v) is 2.11. The summed E-state index contributed by atoms with van der Waals surface area (Å²) in [6.45, 7) is 6.50. The minimum absolute atomic E-state index is 0.153. The smallest absolute Gasteiger partial charge is 0.134 e. The van der Waals surface area contributed by atoms with Crippen LogP contribution in [-0.4, -0.2) is 17.8 Å². The number of benzene rings is 1. The van der Waals surface area contributed by atoms with Crippen LogP contribution in [0.5, 0.6) is 0 Å². The number of furan rings is 1. The highest BCUT2D eigenvalue weighted by molar-refractivity contribution is 5.62. The fraction of sp³-hybridized carbons (Fsp3) is 0.412. The van der Waals surface area contributed by atoms with Crippen LogP contribution in [0.25, 0.3) is 11.3 Å². The Kier molecular flexibility index (Phi) is 5.15. The van der Waals surface area contributed by atoms with E-state index in [-0.39, 0.29) is 24.4 Å². The third-order valence-corrected chi connectivity index (χ3v) is 3.93. The molecule has 1 heterocycles. The van der Waals surface area contributed by atoms with Crippen molar-refractivity contribution in [3.05, 3.63) is 47.5 Å². The molecule has 2 rings (SSSR count). The minimum Gasteiger partial charge on any atom is -0.460 e. The molecule has 2 atom stereocenters. The Morgan fingerprint density at radius 2 is 2.00 bits per heavy atom. The van der Waals surface area contributed by atoms with Crippen molar-refractivity contribution >= 4 is 0 Å². The van der Waals surface area contributed by atoms with Gasteiger partial charge in [0.25, 0.3) is 0 Å². The first-order valence-corrected chi connectivity index (χ1v) is 7.21. The van der Waals surface area contributed by atoms with Gasteiger partial charge in [0, 0.05) is 18.2 Å². The minimum atomic E-state index is -0.228. The van der Waals surface area contributed by atoms with E-state index in [1.807, 2.05) is 32.0 Å². The third kappa shape index (κ3) is 3.71. The van der Waals surface area contributed by atoms with Crippen molar-refractivity contribution in [1.82, 2.24) is 5.32 Å². The van der Waals surface area contributed by atoms with Gasteiger partial charge in [0.15, 0.2) is 0 Å². The van der Waals surface area contributed by atoms with Gasteiger partial charge >= 0.3 is 0 Å². The maximum Gasteiger partial charge on any atom is 0.134 e. The fourth-order valence-electron chi connectivity index (χ4n) is 2.11. The molecule has 0 spiro atoms. The zero-order valence-electron chi connectivity index (χ0n) is 12.7. The summed E-state index contributed by atoms with van der Waals surface area (Å²) >= 11 is 0. The summed E-state index contributed by atoms with van der Waals surface area (Å²) in [5, 5.41) is 12.4. The third-order valence-electron chi connectivity index (χ3n) is 3.93. The van der Waals surface area contributed by atoms with Gasteiger partial charge in [-0.1, -0.05) is 19.1 Å². The molecule has 4 heteroatoms. The van der Waals surface area contributed by atoms with E-state index in [1.54, 1.807) is 13.0 Å². The van der Waals surface area contributed by atoms with Gasteiger partial charge in [-0.3, -0.25) is 0 Å². The number of nitrogens with one attached hydrogen (secondary N) is 1. The summed E-state index contributed by atoms with van der Waals surface area (Å²) in [4.78, 5) is 0. The lowest BCUT2D eigenvalue weighted by Crippen LogP contribution is -2.33. The van der Waals surface area contributed by atoms with E-state index < -0.39 is 0 Å². The Balaban J connectivity index is 2.06. The van der Waals surface area contributed by atoms with Gasteiger partial charge in [0.2, 0.25) is 0 Å². The highest BCUT2D eigenvalue weighted by Crippen LogP contribution is 2.27. The molecule has 1 aromatic carbocycles. The van der Waals surface area contributed by atoms with Crippen LogP contribution in [0.15, 0.2) is 34.7 Å². The van der Waals surface area contributed by atoms with Crippen molar-refractivity contribution in [1.29, 1.82) is 0 Å². The van der Waals surface area contributed by atoms with Crippen molar-refractivity contribution in [2.75, 3.05) is 6.61 Å². The predicted molar refractivity (Wildman–Crippen MR) is 81.4 cm³/mol. The number of halogens is 1. The molecular weight excluding hydrogens is 269 g/mol. The molecule has 3 nitrogen and oxygen atoms in total. The molecule has 2 N–H and O–H groups in total. The molecule has 1 aromatic heterocycles. The molecule has 0 bridgehead atoms. The standard InChI is InChI=1S/C17H22FNO2/c1-11(10-20)13(3)19-9-14-7-8-17(21-14)15-5-4-6-16(18)12(15)2/h4-8,11,13,19-20H,9-10H2,1-3H3. The van der Waals surface area contributed by atoms with Crippen LogP contribution in [0.2, 0.25) is 0 Å². The molecular formula is C17H22FNO2. The van der Waals surface area contributed by atoms with Crippen LogP contribution >= 0.6 is 0 Å². The van der Waals surface area contributed by atoms with Gasteiger partial charge in [-0.15, -0.1) is 0 Å². The first kappa shape index (κ1) is 15.7. The number of aliphatic hydroxyl groups is 1. The molecule has 0 radical (unpaired) electrons. The van der Waals surface area contributed by atoms with Gasteiger partial charge < -0.3 is 14.8 Å². The van der Waals surface area contributed by atoms with Crippen LogP contribution in [0, 0.1) is 18.7 Å². The molecule has 2 aromatic rings. The van der Waals surface area contributed by atoms with E-state index in [4.69, 9.17) is 9.52 Å². The quantitative estimate of drug-likeness (QED) is 0.856. The SMILES string of the molecule is Cc1c(F)cccc1-c1ccc(CNC(C)C(C)CO)o1. The number of hydrogen-bond acceptors (Lipinski definition) is 3. The zero-order chi connectivity index (χ0) is 15.4. The molecule has 2 unspecified atom stereocenters. The van der Waals surface area contributed by atoms with E-state index in [9.17, 15) is 4.39 Å². The van der Waals surface area contributed by atoms with Crippen molar-refractivity contribution in [3.63, 3.8) is 0 Å². The highest BCUT2D eigenvalue weighted by atomic mass is 19.1. The summed E-state index contributed by atoms with van der Waals surface area (Å²) < 4.78 is 19.4. The van der Waals surface area contributed by atoms with E-state index in [0.29, 0.717) is 17.9 Å². The lowest BCUT2D eigenvalue weighted by Gasteiger charge is -2.18. The second-order valence-corrected chi connectivity index (χ2v) is 5.51. The topological polar surface area (TPSA) is 45.4 Å². The molecule has 0 saturated heterocycles. The van der Waals surface area contributed by atoms with Gasteiger partial charge in [0.1, 0.15) is 17.3 Å². The number of hydrogen-bond donors (Lipinski definition) is 2. The summed E-state index contributed by atoms with van der Waals surface area (Å²) in [7, 11) is 0. The summed E-state index contributed by atoms with van der Waals surface area (Å²) in [6, 6.07) is 8.93. The molecule has 0 fully saturated rings. The molecule has 0 aliphatic heterocycles. The lowest BCUT2D eigenvalue weighted by molar-refractivity contribution is 0.205. The molecule has 0 saturated carbocycles. The van der Waals surface area contributed by atoms with Gasteiger partial charge in [0.05, 0.1) is 6.54 Å². The highest BCUT2D eigenvalue weighted by Gasteiger charge is 2.13. The maximum atomic E-state index is 13.6. The summed E-state index contributed by atoms with van der Waals surface area (Å²) in [6.07, 6.45) is 0. The molecule has 0 amide bonds. The monoisotopic (exact) mass is 291 g/mol. The summed E-state index contributed by atoms with van der Waals surface area (Å²) in [5.74, 6) is 1.43. The van der Waals surface area contributed by atoms with Gasteiger partial charge in [-0.2, -0.15) is 0 Å². The van der Waals surface area contributed by atoms with Crippen LogP contribution < -0.4 is 5.32 Å². The van der Waals surface area contributed by atoms with Crippen molar-refractivity contribution in [2.45, 2.75) is 33.4 Å². The number of rotatable bonds is 6. The van der Waals surface area contributed by atoms with Crippen molar-refractivity contribution in [3.8, 4) is 11.3 Å². The van der Waals surface area contributed by atoms with Crippen LogP contribution in [0.3, 0.4) is 0 Å². The average molecular weight is 291 g/mol. The largest absolute Gasteiger partial charge is 0.460 e. The van der Waals surface area contributed by atoms with Crippen molar-refractivity contribution in [2.24, 2.45) is 5.92 Å². The maximum absolute atomic E-state index is 13.6. The molecule has 0 aliphatic rings. The Labute approximate surface area is 124 Å². The first-order valence-electron chi connectivity index (χ1n) is 7.21. The van der Waals surface area contributed by atoms with E-state index in [0.717, 1.165) is 11.3 Å². The van der Waals surface area contributed by atoms with E-state index in [2.05, 4.69) is 5.32 Å². The Hall–Kier alpha value is -1.65. The molecule has 21 heavy (non-hydrogen) atoms. The molecule has 114 valence electrons. The van der Waals surface area contributed by atoms with Crippen LogP contribution in [-0.2, 0) is 6.54 Å². The normalized spacial score (nSPS) is 14.1.